The molecule has 1 heteroatoms. The molecule has 1 heterocycles. The minimum absolute atomic E-state index is 0.506. The second-order valence-corrected chi connectivity index (χ2v) is 5.67. The minimum atomic E-state index is 0.506. The van der Waals surface area contributed by atoms with Gasteiger partial charge in [0.25, 0.3) is 0 Å². The van der Waals surface area contributed by atoms with Gasteiger partial charge in [-0.15, -0.1) is 0 Å². The molecule has 1 aliphatic carbocycles. The molecule has 0 amide bonds. The molecular formula is C15H21N. The van der Waals surface area contributed by atoms with Gasteiger partial charge < -0.3 is 5.32 Å². The zero-order valence-electron chi connectivity index (χ0n) is 10.3. The molecule has 0 radical (unpaired) electrons. The molecule has 16 heavy (non-hydrogen) atoms. The highest BCUT2D eigenvalue weighted by atomic mass is 14.9. The fraction of sp³-hybridized carbons (Fsp3) is 0.600. The van der Waals surface area contributed by atoms with E-state index >= 15 is 0 Å². The van der Waals surface area contributed by atoms with Crippen LogP contribution < -0.4 is 5.32 Å². The van der Waals surface area contributed by atoms with Crippen LogP contribution in [-0.4, -0.2) is 13.1 Å². The second kappa shape index (κ2) is 3.59. The van der Waals surface area contributed by atoms with E-state index in [4.69, 9.17) is 0 Å². The molecule has 1 saturated heterocycles. The summed E-state index contributed by atoms with van der Waals surface area (Å²) in [5, 5.41) is 3.50. The van der Waals surface area contributed by atoms with E-state index < -0.39 is 0 Å². The Labute approximate surface area is 98.3 Å². The van der Waals surface area contributed by atoms with Crippen LogP contribution in [0.4, 0.5) is 0 Å². The second-order valence-electron chi connectivity index (χ2n) is 5.67. The molecular weight excluding hydrogens is 194 g/mol. The zero-order valence-corrected chi connectivity index (χ0v) is 10.3. The lowest BCUT2D eigenvalue weighted by Crippen LogP contribution is -2.38. The molecule has 2 aliphatic rings. The SMILES string of the molecule is Cc1cccc2c1C(C)CC21CCNCC1. The Kier molecular flexibility index (Phi) is 2.32. The molecule has 1 fully saturated rings. The molecule has 3 rings (SSSR count). The van der Waals surface area contributed by atoms with Crippen LogP contribution in [0.1, 0.15) is 48.8 Å². The van der Waals surface area contributed by atoms with Crippen molar-refractivity contribution in [1.29, 1.82) is 0 Å². The fourth-order valence-electron chi connectivity index (χ4n) is 3.97. The third kappa shape index (κ3) is 1.34. The molecule has 1 aliphatic heterocycles. The van der Waals surface area contributed by atoms with Gasteiger partial charge in [-0.2, -0.15) is 0 Å². The summed E-state index contributed by atoms with van der Waals surface area (Å²) < 4.78 is 0. The first-order valence-electron chi connectivity index (χ1n) is 6.54. The van der Waals surface area contributed by atoms with Crippen LogP contribution in [-0.2, 0) is 5.41 Å². The maximum atomic E-state index is 3.50. The normalized spacial score (nSPS) is 27.0. The van der Waals surface area contributed by atoms with Crippen molar-refractivity contribution in [3.05, 3.63) is 34.9 Å². The molecule has 0 aromatic heterocycles. The van der Waals surface area contributed by atoms with Crippen molar-refractivity contribution < 1.29 is 0 Å². The quantitative estimate of drug-likeness (QED) is 0.701. The fourth-order valence-corrected chi connectivity index (χ4v) is 3.97. The summed E-state index contributed by atoms with van der Waals surface area (Å²) in [6.45, 7) is 7.07. The Morgan fingerprint density at radius 1 is 1.25 bits per heavy atom. The molecule has 86 valence electrons. The average molecular weight is 215 g/mol. The van der Waals surface area contributed by atoms with Gasteiger partial charge in [-0.1, -0.05) is 25.1 Å². The smallest absolute Gasteiger partial charge is 0.00142 e. The van der Waals surface area contributed by atoms with Gasteiger partial charge in [0, 0.05) is 0 Å². The molecule has 1 nitrogen and oxygen atoms in total. The molecule has 1 spiro atoms. The molecule has 1 atom stereocenters. The van der Waals surface area contributed by atoms with Crippen LogP contribution in [0.3, 0.4) is 0 Å². The van der Waals surface area contributed by atoms with E-state index in [1.165, 1.54) is 37.9 Å². The summed E-state index contributed by atoms with van der Waals surface area (Å²) in [5.41, 5.74) is 5.33. The Morgan fingerprint density at radius 3 is 2.75 bits per heavy atom. The lowest BCUT2D eigenvalue weighted by Gasteiger charge is -2.35. The largest absolute Gasteiger partial charge is 0.317 e. The van der Waals surface area contributed by atoms with E-state index in [1.54, 1.807) is 11.1 Å². The van der Waals surface area contributed by atoms with E-state index in [1.807, 2.05) is 0 Å². The number of benzene rings is 1. The van der Waals surface area contributed by atoms with Gasteiger partial charge in [0.15, 0.2) is 0 Å². The average Bonchev–Trinajstić information content (AvgIpc) is 2.55. The van der Waals surface area contributed by atoms with E-state index in [0.29, 0.717) is 5.41 Å². The predicted octanol–water partition coefficient (Wildman–Crippen LogP) is 3.12. The van der Waals surface area contributed by atoms with Crippen molar-refractivity contribution in [2.24, 2.45) is 0 Å². The molecule has 1 N–H and O–H groups in total. The minimum Gasteiger partial charge on any atom is -0.317 e. The van der Waals surface area contributed by atoms with Crippen molar-refractivity contribution in [1.82, 2.24) is 5.32 Å². The van der Waals surface area contributed by atoms with E-state index in [2.05, 4.69) is 37.4 Å². The number of piperidine rings is 1. The molecule has 1 aromatic carbocycles. The third-order valence-corrected chi connectivity index (χ3v) is 4.65. The molecule has 1 aromatic rings. The summed E-state index contributed by atoms with van der Waals surface area (Å²) in [6, 6.07) is 6.91. The van der Waals surface area contributed by atoms with Crippen molar-refractivity contribution in [2.45, 2.75) is 44.4 Å². The Hall–Kier alpha value is -0.820. The number of aryl methyl sites for hydroxylation is 1. The third-order valence-electron chi connectivity index (χ3n) is 4.65. The Balaban J connectivity index is 2.11. The monoisotopic (exact) mass is 215 g/mol. The van der Waals surface area contributed by atoms with Gasteiger partial charge in [-0.05, 0) is 67.3 Å². The maximum Gasteiger partial charge on any atom is -0.00142 e. The van der Waals surface area contributed by atoms with Crippen LogP contribution in [0, 0.1) is 6.92 Å². The summed E-state index contributed by atoms with van der Waals surface area (Å²) >= 11 is 0. The van der Waals surface area contributed by atoms with Crippen LogP contribution in [0.5, 0.6) is 0 Å². The highest BCUT2D eigenvalue weighted by Crippen LogP contribution is 2.51. The van der Waals surface area contributed by atoms with Gasteiger partial charge in [0.2, 0.25) is 0 Å². The standard InChI is InChI=1S/C15H21N/c1-11-4-3-5-13-14(11)12(2)10-15(13)6-8-16-9-7-15/h3-5,12,16H,6-10H2,1-2H3. The predicted molar refractivity (Wildman–Crippen MR) is 68.0 cm³/mol. The van der Waals surface area contributed by atoms with Gasteiger partial charge in [0.1, 0.15) is 0 Å². The number of nitrogens with one attached hydrogen (secondary N) is 1. The lowest BCUT2D eigenvalue weighted by atomic mass is 9.74. The first-order valence-corrected chi connectivity index (χ1v) is 6.54. The highest BCUT2D eigenvalue weighted by Gasteiger charge is 2.42. The maximum absolute atomic E-state index is 3.50. The van der Waals surface area contributed by atoms with E-state index in [-0.39, 0.29) is 0 Å². The summed E-state index contributed by atoms with van der Waals surface area (Å²) in [6.07, 6.45) is 4.02. The number of fused-ring (bicyclic) bond motifs is 2. The molecule has 1 unspecified atom stereocenters. The van der Waals surface area contributed by atoms with Crippen LogP contribution in [0.15, 0.2) is 18.2 Å². The van der Waals surface area contributed by atoms with Crippen LogP contribution in [0.2, 0.25) is 0 Å². The number of hydrogen-bond acceptors (Lipinski definition) is 1. The van der Waals surface area contributed by atoms with Crippen molar-refractivity contribution in [3.8, 4) is 0 Å². The Bertz CT molecular complexity index is 402. The van der Waals surface area contributed by atoms with E-state index in [0.717, 1.165) is 5.92 Å². The topological polar surface area (TPSA) is 12.0 Å². The summed E-state index contributed by atoms with van der Waals surface area (Å²) in [5.74, 6) is 0.759. The Morgan fingerprint density at radius 2 is 2.00 bits per heavy atom. The van der Waals surface area contributed by atoms with Crippen molar-refractivity contribution in [2.75, 3.05) is 13.1 Å². The number of rotatable bonds is 0. The lowest BCUT2D eigenvalue weighted by molar-refractivity contribution is 0.296. The first-order chi connectivity index (χ1) is 7.73. The first kappa shape index (κ1) is 10.3. The van der Waals surface area contributed by atoms with Crippen molar-refractivity contribution >= 4 is 0 Å². The molecule has 0 saturated carbocycles. The van der Waals surface area contributed by atoms with Gasteiger partial charge in [-0.25, -0.2) is 0 Å². The molecule has 0 bridgehead atoms. The van der Waals surface area contributed by atoms with E-state index in [9.17, 15) is 0 Å². The van der Waals surface area contributed by atoms with Gasteiger partial charge >= 0.3 is 0 Å². The summed E-state index contributed by atoms with van der Waals surface area (Å²) in [7, 11) is 0. The van der Waals surface area contributed by atoms with Gasteiger partial charge in [0.05, 0.1) is 0 Å². The van der Waals surface area contributed by atoms with Gasteiger partial charge in [-0.3, -0.25) is 0 Å². The van der Waals surface area contributed by atoms with Crippen LogP contribution in [0.25, 0.3) is 0 Å². The highest BCUT2D eigenvalue weighted by molar-refractivity contribution is 5.47. The van der Waals surface area contributed by atoms with Crippen molar-refractivity contribution in [3.63, 3.8) is 0 Å². The zero-order chi connectivity index (χ0) is 11.2. The van der Waals surface area contributed by atoms with Crippen LogP contribution >= 0.6 is 0 Å². The number of hydrogen-bond donors (Lipinski definition) is 1. The summed E-state index contributed by atoms with van der Waals surface area (Å²) in [4.78, 5) is 0.